The second kappa shape index (κ2) is 2.65. The highest BCUT2D eigenvalue weighted by Gasteiger charge is 2.01. The third-order valence-corrected chi connectivity index (χ3v) is 0.802. The zero-order chi connectivity index (χ0) is 5.86. The van der Waals surface area contributed by atoms with Crippen LogP contribution in [0.5, 0.6) is 0 Å². The second-order valence-corrected chi connectivity index (χ2v) is 1.86. The van der Waals surface area contributed by atoms with E-state index < -0.39 is 6.10 Å². The van der Waals surface area contributed by atoms with Crippen molar-refractivity contribution in [3.8, 4) is 12.3 Å². The van der Waals surface area contributed by atoms with E-state index in [-0.39, 0.29) is 5.92 Å². The van der Waals surface area contributed by atoms with Crippen LogP contribution in [-0.4, -0.2) is 11.2 Å². The lowest BCUT2D eigenvalue weighted by molar-refractivity contribution is 0.181. The molecule has 0 aromatic heterocycles. The van der Waals surface area contributed by atoms with Crippen LogP contribution in [0.4, 0.5) is 0 Å². The first-order valence-corrected chi connectivity index (χ1v) is 2.32. The predicted molar refractivity (Wildman–Crippen MR) is 29.7 cm³/mol. The van der Waals surface area contributed by atoms with Crippen molar-refractivity contribution in [3.63, 3.8) is 0 Å². The van der Waals surface area contributed by atoms with Gasteiger partial charge in [0.1, 0.15) is 6.10 Å². The molecule has 0 radical (unpaired) electrons. The zero-order valence-corrected chi connectivity index (χ0v) is 4.68. The van der Waals surface area contributed by atoms with Gasteiger partial charge in [0, 0.05) is 0 Å². The maximum atomic E-state index is 8.70. The van der Waals surface area contributed by atoms with Crippen molar-refractivity contribution in [2.24, 2.45) is 5.92 Å². The Morgan fingerprint density at radius 2 is 2.00 bits per heavy atom. The van der Waals surface area contributed by atoms with Gasteiger partial charge in [0.05, 0.1) is 0 Å². The Kier molecular flexibility index (Phi) is 2.47. The summed E-state index contributed by atoms with van der Waals surface area (Å²) in [6.45, 7) is 3.76. The van der Waals surface area contributed by atoms with Crippen molar-refractivity contribution in [2.45, 2.75) is 20.0 Å². The van der Waals surface area contributed by atoms with Crippen molar-refractivity contribution in [2.75, 3.05) is 0 Å². The average Bonchev–Trinajstić information content (AvgIpc) is 1.65. The summed E-state index contributed by atoms with van der Waals surface area (Å²) in [5.74, 6) is 2.41. The summed E-state index contributed by atoms with van der Waals surface area (Å²) in [4.78, 5) is 0. The summed E-state index contributed by atoms with van der Waals surface area (Å²) in [5, 5.41) is 8.70. The highest BCUT2D eigenvalue weighted by Crippen LogP contribution is 1.96. The van der Waals surface area contributed by atoms with Crippen molar-refractivity contribution in [1.29, 1.82) is 0 Å². The van der Waals surface area contributed by atoms with E-state index in [1.807, 2.05) is 13.8 Å². The summed E-state index contributed by atoms with van der Waals surface area (Å²) in [6, 6.07) is 0. The van der Waals surface area contributed by atoms with E-state index in [2.05, 4.69) is 5.92 Å². The van der Waals surface area contributed by atoms with Gasteiger partial charge in [0.2, 0.25) is 0 Å². The molecular formula is C6H10O. The lowest BCUT2D eigenvalue weighted by Crippen LogP contribution is -2.10. The van der Waals surface area contributed by atoms with E-state index in [0.717, 1.165) is 0 Å². The molecule has 0 aliphatic rings. The number of aliphatic hydroxyl groups is 1. The number of rotatable bonds is 1. The van der Waals surface area contributed by atoms with Gasteiger partial charge in [-0.05, 0) is 5.92 Å². The molecule has 7 heavy (non-hydrogen) atoms. The Hall–Kier alpha value is -0.480. The van der Waals surface area contributed by atoms with Crippen molar-refractivity contribution >= 4 is 0 Å². The Labute approximate surface area is 44.4 Å². The average molecular weight is 98.1 g/mol. The number of aliphatic hydroxyl groups excluding tert-OH is 1. The van der Waals surface area contributed by atoms with Crippen molar-refractivity contribution in [3.05, 3.63) is 0 Å². The fourth-order valence-electron chi connectivity index (χ4n) is 0.192. The molecule has 0 saturated heterocycles. The van der Waals surface area contributed by atoms with Crippen molar-refractivity contribution in [1.82, 2.24) is 0 Å². The number of hydrogen-bond donors (Lipinski definition) is 1. The van der Waals surface area contributed by atoms with Gasteiger partial charge >= 0.3 is 0 Å². The summed E-state index contributed by atoms with van der Waals surface area (Å²) >= 11 is 0. The minimum absolute atomic E-state index is 0.185. The topological polar surface area (TPSA) is 20.2 Å². The van der Waals surface area contributed by atoms with Gasteiger partial charge in [-0.3, -0.25) is 0 Å². The molecule has 0 unspecified atom stereocenters. The van der Waals surface area contributed by atoms with Gasteiger partial charge in [-0.1, -0.05) is 19.8 Å². The maximum absolute atomic E-state index is 8.70. The molecule has 1 heteroatoms. The lowest BCUT2D eigenvalue weighted by Gasteiger charge is -2.03. The molecule has 0 bridgehead atoms. The van der Waals surface area contributed by atoms with Crippen LogP contribution in [0.3, 0.4) is 0 Å². The number of terminal acetylenes is 1. The van der Waals surface area contributed by atoms with Gasteiger partial charge in [-0.2, -0.15) is 0 Å². The van der Waals surface area contributed by atoms with Crippen LogP contribution in [0.1, 0.15) is 13.8 Å². The van der Waals surface area contributed by atoms with Crippen LogP contribution in [-0.2, 0) is 0 Å². The van der Waals surface area contributed by atoms with Crippen molar-refractivity contribution < 1.29 is 5.11 Å². The minimum atomic E-state index is -0.569. The first-order valence-electron chi connectivity index (χ1n) is 2.32. The van der Waals surface area contributed by atoms with E-state index in [0.29, 0.717) is 0 Å². The van der Waals surface area contributed by atoms with Crippen LogP contribution in [0, 0.1) is 18.3 Å². The Morgan fingerprint density at radius 3 is 2.00 bits per heavy atom. The van der Waals surface area contributed by atoms with E-state index >= 15 is 0 Å². The van der Waals surface area contributed by atoms with E-state index in [1.165, 1.54) is 0 Å². The van der Waals surface area contributed by atoms with E-state index in [4.69, 9.17) is 11.5 Å². The molecule has 0 rings (SSSR count). The molecule has 0 amide bonds. The minimum Gasteiger partial charge on any atom is -0.380 e. The summed E-state index contributed by atoms with van der Waals surface area (Å²) in [6.07, 6.45) is 4.30. The van der Waals surface area contributed by atoms with Gasteiger partial charge < -0.3 is 5.11 Å². The van der Waals surface area contributed by atoms with Gasteiger partial charge in [0.15, 0.2) is 0 Å². The molecule has 1 N–H and O–H groups in total. The van der Waals surface area contributed by atoms with Crippen LogP contribution in [0.15, 0.2) is 0 Å². The third-order valence-electron chi connectivity index (χ3n) is 0.802. The quantitative estimate of drug-likeness (QED) is 0.477. The van der Waals surface area contributed by atoms with Gasteiger partial charge in [-0.25, -0.2) is 0 Å². The van der Waals surface area contributed by atoms with Crippen LogP contribution in [0.25, 0.3) is 0 Å². The molecule has 0 fully saturated rings. The fraction of sp³-hybridized carbons (Fsp3) is 0.667. The second-order valence-electron chi connectivity index (χ2n) is 1.86. The van der Waals surface area contributed by atoms with E-state index in [1.54, 1.807) is 0 Å². The lowest BCUT2D eigenvalue weighted by atomic mass is 10.1. The zero-order valence-electron chi connectivity index (χ0n) is 4.68. The molecule has 0 heterocycles. The SMILES string of the molecule is C#C[C@@H](O)C(C)C. The first-order chi connectivity index (χ1) is 3.18. The summed E-state index contributed by atoms with van der Waals surface area (Å²) < 4.78 is 0. The largest absolute Gasteiger partial charge is 0.380 e. The van der Waals surface area contributed by atoms with Crippen LogP contribution >= 0.6 is 0 Å². The van der Waals surface area contributed by atoms with Gasteiger partial charge in [0.25, 0.3) is 0 Å². The maximum Gasteiger partial charge on any atom is 0.116 e. The van der Waals surface area contributed by atoms with E-state index in [9.17, 15) is 0 Å². The normalized spacial score (nSPS) is 13.6. The molecule has 1 atom stereocenters. The number of hydrogen-bond acceptors (Lipinski definition) is 1. The highest BCUT2D eigenvalue weighted by molar-refractivity contribution is 4.94. The third kappa shape index (κ3) is 2.24. The molecule has 0 aromatic rings. The molecule has 0 spiro atoms. The standard InChI is InChI=1S/C6H10O/c1-4-6(7)5(2)3/h1,5-7H,2-3H3/t6-/m1/s1. The monoisotopic (exact) mass is 98.1 g/mol. The first kappa shape index (κ1) is 6.52. The Morgan fingerprint density at radius 1 is 1.57 bits per heavy atom. The van der Waals surface area contributed by atoms with Crippen LogP contribution < -0.4 is 0 Å². The molecule has 0 aromatic carbocycles. The summed E-state index contributed by atoms with van der Waals surface area (Å²) in [7, 11) is 0. The predicted octanol–water partition coefficient (Wildman–Crippen LogP) is 0.637. The van der Waals surface area contributed by atoms with Crippen LogP contribution in [0.2, 0.25) is 0 Å². The molecule has 40 valence electrons. The molecule has 0 aliphatic carbocycles. The Balaban J connectivity index is 3.40. The molecule has 1 nitrogen and oxygen atoms in total. The fourth-order valence-corrected chi connectivity index (χ4v) is 0.192. The highest BCUT2D eigenvalue weighted by atomic mass is 16.3. The molecule has 0 aliphatic heterocycles. The summed E-state index contributed by atoms with van der Waals surface area (Å²) in [5.41, 5.74) is 0. The molecular weight excluding hydrogens is 88.1 g/mol. The smallest absolute Gasteiger partial charge is 0.116 e. The Bertz CT molecular complexity index is 78.7. The molecule has 0 saturated carbocycles. The van der Waals surface area contributed by atoms with Gasteiger partial charge in [-0.15, -0.1) is 6.42 Å².